The van der Waals surface area contributed by atoms with E-state index in [2.05, 4.69) is 4.98 Å². The molecule has 0 bridgehead atoms. The minimum atomic E-state index is -2.62. The average molecular weight is 261 g/mol. The number of carboxylic acids is 1. The number of nitro groups is 1. The van der Waals surface area contributed by atoms with Crippen molar-refractivity contribution in [3.8, 4) is 0 Å². The molecule has 1 N–H and O–H groups in total. The van der Waals surface area contributed by atoms with Crippen LogP contribution < -0.4 is 4.90 Å². The van der Waals surface area contributed by atoms with Crippen LogP contribution in [0.15, 0.2) is 12.3 Å². The van der Waals surface area contributed by atoms with Crippen molar-refractivity contribution in [2.45, 2.75) is 6.43 Å². The third kappa shape index (κ3) is 3.09. The number of alkyl halides is 2. The molecule has 0 radical (unpaired) electrons. The molecule has 0 saturated carbocycles. The zero-order chi connectivity index (χ0) is 13.9. The number of halogens is 2. The van der Waals surface area contributed by atoms with Crippen molar-refractivity contribution in [1.29, 1.82) is 0 Å². The van der Waals surface area contributed by atoms with Crippen LogP contribution in [-0.4, -0.2) is 41.0 Å². The van der Waals surface area contributed by atoms with Gasteiger partial charge in [-0.15, -0.1) is 0 Å². The first-order chi connectivity index (χ1) is 8.32. The average Bonchev–Trinajstić information content (AvgIpc) is 2.26. The van der Waals surface area contributed by atoms with E-state index in [1.807, 2.05) is 0 Å². The van der Waals surface area contributed by atoms with Crippen molar-refractivity contribution in [1.82, 2.24) is 4.98 Å². The van der Waals surface area contributed by atoms with Gasteiger partial charge < -0.3 is 10.0 Å². The highest BCUT2D eigenvalue weighted by Gasteiger charge is 2.22. The molecule has 0 atom stereocenters. The van der Waals surface area contributed by atoms with E-state index in [0.29, 0.717) is 0 Å². The molecule has 9 heteroatoms. The Morgan fingerprint density at radius 3 is 2.72 bits per heavy atom. The molecule has 0 aliphatic carbocycles. The first-order valence-electron chi connectivity index (χ1n) is 4.70. The lowest BCUT2D eigenvalue weighted by molar-refractivity contribution is -0.385. The smallest absolute Gasteiger partial charge is 0.342 e. The second-order valence-corrected chi connectivity index (χ2v) is 3.39. The maximum absolute atomic E-state index is 12.1. The van der Waals surface area contributed by atoms with Crippen LogP contribution in [0.4, 0.5) is 20.3 Å². The number of aromatic nitrogens is 1. The van der Waals surface area contributed by atoms with Gasteiger partial charge in [0.1, 0.15) is 17.6 Å². The Labute approximate surface area is 99.8 Å². The molecule has 7 nitrogen and oxygen atoms in total. The van der Waals surface area contributed by atoms with Gasteiger partial charge in [-0.05, 0) is 0 Å². The number of rotatable bonds is 5. The summed E-state index contributed by atoms with van der Waals surface area (Å²) in [5.74, 6) is -1.59. The van der Waals surface area contributed by atoms with E-state index in [1.54, 1.807) is 0 Å². The second-order valence-electron chi connectivity index (χ2n) is 3.39. The van der Waals surface area contributed by atoms with Gasteiger partial charge in [0.05, 0.1) is 11.5 Å². The molecule has 1 aromatic heterocycles. The highest BCUT2D eigenvalue weighted by molar-refractivity contribution is 5.93. The maximum Gasteiger partial charge on any atom is 0.342 e. The van der Waals surface area contributed by atoms with Crippen molar-refractivity contribution in [2.24, 2.45) is 0 Å². The number of hydrogen-bond donors (Lipinski definition) is 1. The molecule has 0 fully saturated rings. The SMILES string of the molecule is CN(CC(F)F)c1cc(C(=O)O)c([N+](=O)[O-])cn1. The number of hydrogen-bond acceptors (Lipinski definition) is 5. The largest absolute Gasteiger partial charge is 0.477 e. The lowest BCUT2D eigenvalue weighted by Crippen LogP contribution is -2.25. The molecule has 98 valence electrons. The van der Waals surface area contributed by atoms with Crippen LogP contribution in [0.25, 0.3) is 0 Å². The van der Waals surface area contributed by atoms with E-state index in [1.165, 1.54) is 7.05 Å². The molecule has 0 unspecified atom stereocenters. The highest BCUT2D eigenvalue weighted by Crippen LogP contribution is 2.22. The molecule has 0 aliphatic heterocycles. The van der Waals surface area contributed by atoms with Gasteiger partial charge in [0.25, 0.3) is 6.43 Å². The number of anilines is 1. The Bertz CT molecular complexity index is 481. The summed E-state index contributed by atoms with van der Waals surface area (Å²) in [5.41, 5.74) is -1.28. The van der Waals surface area contributed by atoms with Gasteiger partial charge in [-0.25, -0.2) is 18.6 Å². The lowest BCUT2D eigenvalue weighted by atomic mass is 10.2. The van der Waals surface area contributed by atoms with Crippen LogP contribution >= 0.6 is 0 Å². The maximum atomic E-state index is 12.1. The predicted octanol–water partition coefficient (Wildman–Crippen LogP) is 1.39. The summed E-state index contributed by atoms with van der Waals surface area (Å²) in [7, 11) is 1.28. The third-order valence-electron chi connectivity index (χ3n) is 2.10. The fraction of sp³-hybridized carbons (Fsp3) is 0.333. The molecule has 1 heterocycles. The standard InChI is InChI=1S/C9H9F2N3O4/c1-13(4-7(10)11)8-2-5(9(15)16)6(3-12-8)14(17)18/h2-3,7H,4H2,1H3,(H,15,16). The molecule has 1 aromatic rings. The normalized spacial score (nSPS) is 10.4. The molecule has 0 amide bonds. The number of nitrogens with zero attached hydrogens (tertiary/aromatic N) is 3. The highest BCUT2D eigenvalue weighted by atomic mass is 19.3. The molecular formula is C9H9F2N3O4. The summed E-state index contributed by atoms with van der Waals surface area (Å²) in [6, 6.07) is 0.892. The molecule has 0 spiro atoms. The van der Waals surface area contributed by atoms with Gasteiger partial charge in [-0.1, -0.05) is 0 Å². The molecule has 1 rings (SSSR count). The number of pyridine rings is 1. The first kappa shape index (κ1) is 13.7. The summed E-state index contributed by atoms with van der Waals surface area (Å²) >= 11 is 0. The van der Waals surface area contributed by atoms with E-state index >= 15 is 0 Å². The van der Waals surface area contributed by atoms with E-state index in [4.69, 9.17) is 5.11 Å². The van der Waals surface area contributed by atoms with Gasteiger partial charge in [0.2, 0.25) is 0 Å². The minimum absolute atomic E-state index is 0.0710. The predicted molar refractivity (Wildman–Crippen MR) is 57.1 cm³/mol. The van der Waals surface area contributed by atoms with Crippen LogP contribution in [0.1, 0.15) is 10.4 Å². The van der Waals surface area contributed by atoms with Crippen molar-refractivity contribution in [3.05, 3.63) is 27.9 Å². The Morgan fingerprint density at radius 1 is 1.67 bits per heavy atom. The molecule has 0 aromatic carbocycles. The van der Waals surface area contributed by atoms with Crippen molar-refractivity contribution in [3.63, 3.8) is 0 Å². The quantitative estimate of drug-likeness (QED) is 0.635. The lowest BCUT2D eigenvalue weighted by Gasteiger charge is -2.17. The van der Waals surface area contributed by atoms with Crippen LogP contribution in [-0.2, 0) is 0 Å². The Balaban J connectivity index is 3.15. The van der Waals surface area contributed by atoms with Gasteiger partial charge >= 0.3 is 11.7 Å². The van der Waals surface area contributed by atoms with Crippen LogP contribution in [0.2, 0.25) is 0 Å². The number of aromatic carboxylic acids is 1. The summed E-state index contributed by atoms with van der Waals surface area (Å²) in [6.45, 7) is -0.649. The Hall–Kier alpha value is -2.32. The summed E-state index contributed by atoms with van der Waals surface area (Å²) in [6.07, 6.45) is -1.89. The van der Waals surface area contributed by atoms with E-state index in [-0.39, 0.29) is 5.82 Å². The molecule has 0 saturated heterocycles. The zero-order valence-corrected chi connectivity index (χ0v) is 9.21. The first-order valence-corrected chi connectivity index (χ1v) is 4.70. The van der Waals surface area contributed by atoms with Gasteiger partial charge in [-0.3, -0.25) is 10.1 Å². The second kappa shape index (κ2) is 5.34. The Morgan fingerprint density at radius 2 is 2.28 bits per heavy atom. The van der Waals surface area contributed by atoms with Gasteiger partial charge in [-0.2, -0.15) is 0 Å². The van der Waals surface area contributed by atoms with Crippen LogP contribution in [0.5, 0.6) is 0 Å². The Kier molecular flexibility index (Phi) is 4.08. The topological polar surface area (TPSA) is 96.6 Å². The minimum Gasteiger partial charge on any atom is -0.477 e. The van der Waals surface area contributed by atoms with Crippen molar-refractivity contribution < 1.29 is 23.6 Å². The van der Waals surface area contributed by atoms with Crippen molar-refractivity contribution in [2.75, 3.05) is 18.5 Å². The summed E-state index contributed by atoms with van der Waals surface area (Å²) in [4.78, 5) is 25.1. The number of carboxylic acid groups (broad SMARTS) is 1. The third-order valence-corrected chi connectivity index (χ3v) is 2.10. The van der Waals surface area contributed by atoms with Crippen LogP contribution in [0.3, 0.4) is 0 Å². The number of carbonyl (C=O) groups is 1. The summed E-state index contributed by atoms with van der Waals surface area (Å²) in [5, 5.41) is 19.4. The molecule has 0 aliphatic rings. The van der Waals surface area contributed by atoms with Gasteiger partial charge in [0.15, 0.2) is 0 Å². The monoisotopic (exact) mass is 261 g/mol. The van der Waals surface area contributed by atoms with E-state index in [9.17, 15) is 23.7 Å². The van der Waals surface area contributed by atoms with E-state index in [0.717, 1.165) is 17.2 Å². The van der Waals surface area contributed by atoms with Gasteiger partial charge in [0, 0.05) is 13.1 Å². The fourth-order valence-corrected chi connectivity index (χ4v) is 1.26. The summed E-state index contributed by atoms with van der Waals surface area (Å²) < 4.78 is 24.3. The van der Waals surface area contributed by atoms with Crippen molar-refractivity contribution >= 4 is 17.5 Å². The van der Waals surface area contributed by atoms with Crippen LogP contribution in [0, 0.1) is 10.1 Å². The molecular weight excluding hydrogens is 252 g/mol. The zero-order valence-electron chi connectivity index (χ0n) is 9.21. The molecule has 18 heavy (non-hydrogen) atoms. The fourth-order valence-electron chi connectivity index (χ4n) is 1.26. The van der Waals surface area contributed by atoms with E-state index < -0.39 is 35.1 Å².